The number of nitrogens with two attached hydrogens (primary N) is 1. The monoisotopic (exact) mass is 286 g/mol. The van der Waals surface area contributed by atoms with Crippen molar-refractivity contribution in [3.8, 4) is 0 Å². The van der Waals surface area contributed by atoms with E-state index in [9.17, 15) is 9.18 Å². The number of likely N-dealkylation sites (N-methyl/N-ethyl adjacent to an activating group) is 1. The second kappa shape index (κ2) is 6.87. The summed E-state index contributed by atoms with van der Waals surface area (Å²) < 4.78 is 13.7. The Morgan fingerprint density at radius 2 is 2.11 bits per heavy atom. The molecule has 0 saturated heterocycles. The fourth-order valence-corrected chi connectivity index (χ4v) is 1.94. The Bertz CT molecular complexity index is 431. The second-order valence-corrected chi connectivity index (χ2v) is 5.23. The number of carbonyl (C=O) groups is 1. The summed E-state index contributed by atoms with van der Waals surface area (Å²) in [4.78, 5) is 13.7. The fraction of sp³-hybridized carbons (Fsp3) is 0.500. The molecule has 1 aromatic rings. The molecule has 0 heterocycles. The highest BCUT2D eigenvalue weighted by atomic mass is 35.5. The van der Waals surface area contributed by atoms with E-state index in [0.29, 0.717) is 17.1 Å². The maximum absolute atomic E-state index is 13.7. The molecular weight excluding hydrogens is 267 g/mol. The molecule has 2 N–H and O–H groups in total. The summed E-state index contributed by atoms with van der Waals surface area (Å²) in [6.07, 6.45) is 0. The highest BCUT2D eigenvalue weighted by molar-refractivity contribution is 6.31. The summed E-state index contributed by atoms with van der Waals surface area (Å²) in [5.41, 5.74) is 6.18. The Balaban J connectivity index is 2.91. The lowest BCUT2D eigenvalue weighted by atomic mass is 10.0. The van der Waals surface area contributed by atoms with Gasteiger partial charge in [-0.1, -0.05) is 31.5 Å². The minimum Gasteiger partial charge on any atom is -0.337 e. The van der Waals surface area contributed by atoms with Crippen molar-refractivity contribution in [2.45, 2.75) is 33.4 Å². The molecule has 1 amide bonds. The van der Waals surface area contributed by atoms with E-state index in [-0.39, 0.29) is 18.4 Å². The number of rotatable bonds is 5. The van der Waals surface area contributed by atoms with E-state index in [4.69, 9.17) is 17.3 Å². The van der Waals surface area contributed by atoms with Crippen LogP contribution in [0.15, 0.2) is 18.2 Å². The van der Waals surface area contributed by atoms with Crippen molar-refractivity contribution in [2.75, 3.05) is 6.54 Å². The molecule has 0 aliphatic heterocycles. The van der Waals surface area contributed by atoms with Gasteiger partial charge < -0.3 is 10.6 Å². The van der Waals surface area contributed by atoms with Gasteiger partial charge in [-0.2, -0.15) is 0 Å². The van der Waals surface area contributed by atoms with Crippen LogP contribution >= 0.6 is 11.6 Å². The SMILES string of the molecule is CCN(Cc1c(F)cccc1Cl)C(=O)C(N)C(C)C. The highest BCUT2D eigenvalue weighted by Crippen LogP contribution is 2.21. The molecule has 3 nitrogen and oxygen atoms in total. The van der Waals surface area contributed by atoms with Gasteiger partial charge in [-0.15, -0.1) is 0 Å². The molecule has 0 bridgehead atoms. The number of benzene rings is 1. The van der Waals surface area contributed by atoms with Crippen molar-refractivity contribution in [2.24, 2.45) is 11.7 Å². The molecular formula is C14H20ClFN2O. The van der Waals surface area contributed by atoms with Gasteiger partial charge in [0.1, 0.15) is 5.82 Å². The average molecular weight is 287 g/mol. The first kappa shape index (κ1) is 15.9. The topological polar surface area (TPSA) is 46.3 Å². The zero-order valence-electron chi connectivity index (χ0n) is 11.5. The molecule has 1 rings (SSSR count). The normalized spacial score (nSPS) is 12.6. The molecule has 5 heteroatoms. The fourth-order valence-electron chi connectivity index (χ4n) is 1.72. The molecule has 1 aromatic carbocycles. The molecule has 1 unspecified atom stereocenters. The van der Waals surface area contributed by atoms with E-state index in [1.165, 1.54) is 11.0 Å². The van der Waals surface area contributed by atoms with E-state index >= 15 is 0 Å². The van der Waals surface area contributed by atoms with Gasteiger partial charge in [0, 0.05) is 17.1 Å². The zero-order chi connectivity index (χ0) is 14.6. The minimum atomic E-state index is -0.578. The number of carbonyl (C=O) groups excluding carboxylic acids is 1. The van der Waals surface area contributed by atoms with Crippen LogP contribution in [-0.2, 0) is 11.3 Å². The third-order valence-electron chi connectivity index (χ3n) is 3.11. The standard InChI is InChI=1S/C14H20ClFN2O/c1-4-18(14(19)13(17)9(2)3)8-10-11(15)6-5-7-12(10)16/h5-7,9,13H,4,8,17H2,1-3H3. The molecule has 0 fully saturated rings. The molecule has 0 aromatic heterocycles. The van der Waals surface area contributed by atoms with Crippen LogP contribution in [0.25, 0.3) is 0 Å². The predicted octanol–water partition coefficient (Wildman–Crippen LogP) is 2.81. The molecule has 0 radical (unpaired) electrons. The quantitative estimate of drug-likeness (QED) is 0.905. The Labute approximate surface area is 118 Å². The van der Waals surface area contributed by atoms with Crippen molar-refractivity contribution < 1.29 is 9.18 Å². The van der Waals surface area contributed by atoms with Crippen molar-refractivity contribution in [3.63, 3.8) is 0 Å². The van der Waals surface area contributed by atoms with Gasteiger partial charge in [0.15, 0.2) is 0 Å². The smallest absolute Gasteiger partial charge is 0.240 e. The van der Waals surface area contributed by atoms with Crippen LogP contribution in [0.3, 0.4) is 0 Å². The summed E-state index contributed by atoms with van der Waals surface area (Å²) in [6.45, 7) is 6.20. The van der Waals surface area contributed by atoms with Gasteiger partial charge in [-0.3, -0.25) is 4.79 Å². The summed E-state index contributed by atoms with van der Waals surface area (Å²) in [5.74, 6) is -0.550. The molecule has 19 heavy (non-hydrogen) atoms. The van der Waals surface area contributed by atoms with Crippen LogP contribution in [0, 0.1) is 11.7 Å². The van der Waals surface area contributed by atoms with E-state index < -0.39 is 11.9 Å². The van der Waals surface area contributed by atoms with Crippen LogP contribution in [0.2, 0.25) is 5.02 Å². The van der Waals surface area contributed by atoms with Crippen molar-refractivity contribution in [1.82, 2.24) is 4.90 Å². The van der Waals surface area contributed by atoms with E-state index in [1.807, 2.05) is 20.8 Å². The molecule has 1 atom stereocenters. The summed E-state index contributed by atoms with van der Waals surface area (Å²) in [5, 5.41) is 0.323. The van der Waals surface area contributed by atoms with Gasteiger partial charge in [-0.25, -0.2) is 4.39 Å². The molecule has 0 saturated carbocycles. The number of hydrogen-bond donors (Lipinski definition) is 1. The van der Waals surface area contributed by atoms with Crippen LogP contribution < -0.4 is 5.73 Å². The first-order valence-corrected chi connectivity index (χ1v) is 6.73. The van der Waals surface area contributed by atoms with Crippen LogP contribution in [0.5, 0.6) is 0 Å². The Morgan fingerprint density at radius 1 is 1.47 bits per heavy atom. The molecule has 106 valence electrons. The van der Waals surface area contributed by atoms with Crippen molar-refractivity contribution in [1.29, 1.82) is 0 Å². The molecule has 0 aliphatic rings. The van der Waals surface area contributed by atoms with E-state index in [1.54, 1.807) is 12.1 Å². The first-order chi connectivity index (χ1) is 8.88. The van der Waals surface area contributed by atoms with Crippen molar-refractivity contribution in [3.05, 3.63) is 34.6 Å². The first-order valence-electron chi connectivity index (χ1n) is 6.35. The van der Waals surface area contributed by atoms with Gasteiger partial charge in [0.2, 0.25) is 5.91 Å². The van der Waals surface area contributed by atoms with Gasteiger partial charge in [0.05, 0.1) is 12.6 Å². The van der Waals surface area contributed by atoms with Crippen LogP contribution in [-0.4, -0.2) is 23.4 Å². The maximum Gasteiger partial charge on any atom is 0.240 e. The summed E-state index contributed by atoms with van der Waals surface area (Å²) in [6, 6.07) is 3.91. The molecule has 0 aliphatic carbocycles. The lowest BCUT2D eigenvalue weighted by Gasteiger charge is -2.26. The van der Waals surface area contributed by atoms with E-state index in [2.05, 4.69) is 0 Å². The van der Waals surface area contributed by atoms with Crippen LogP contribution in [0.1, 0.15) is 26.3 Å². The Hall–Kier alpha value is -1.13. The number of nitrogens with zero attached hydrogens (tertiary/aromatic N) is 1. The minimum absolute atomic E-state index is 0.0395. The second-order valence-electron chi connectivity index (χ2n) is 4.82. The summed E-state index contributed by atoms with van der Waals surface area (Å²) in [7, 11) is 0. The highest BCUT2D eigenvalue weighted by Gasteiger charge is 2.24. The van der Waals surface area contributed by atoms with Crippen molar-refractivity contribution >= 4 is 17.5 Å². The van der Waals surface area contributed by atoms with Crippen LogP contribution in [0.4, 0.5) is 4.39 Å². The zero-order valence-corrected chi connectivity index (χ0v) is 12.2. The number of hydrogen-bond acceptors (Lipinski definition) is 2. The van der Waals surface area contributed by atoms with Gasteiger partial charge >= 0.3 is 0 Å². The Kier molecular flexibility index (Phi) is 5.76. The average Bonchev–Trinajstić information content (AvgIpc) is 2.37. The third-order valence-corrected chi connectivity index (χ3v) is 3.46. The lowest BCUT2D eigenvalue weighted by molar-refractivity contribution is -0.134. The summed E-state index contributed by atoms with van der Waals surface area (Å²) >= 11 is 5.97. The lowest BCUT2D eigenvalue weighted by Crippen LogP contribution is -2.46. The molecule has 0 spiro atoms. The number of amides is 1. The largest absolute Gasteiger partial charge is 0.337 e. The van der Waals surface area contributed by atoms with E-state index in [0.717, 1.165) is 0 Å². The van der Waals surface area contributed by atoms with Gasteiger partial charge in [0.25, 0.3) is 0 Å². The maximum atomic E-state index is 13.7. The number of halogens is 2. The van der Waals surface area contributed by atoms with Gasteiger partial charge in [-0.05, 0) is 25.0 Å². The predicted molar refractivity (Wildman–Crippen MR) is 75.3 cm³/mol. The Morgan fingerprint density at radius 3 is 2.58 bits per heavy atom. The third kappa shape index (κ3) is 3.91.